The molecular formula is C17H26FIN4O. The maximum Gasteiger partial charge on any atom is 0.220 e. The number of nitrogens with one attached hydrogen (secondary N) is 3. The third-order valence-corrected chi connectivity index (χ3v) is 3.63. The van der Waals surface area contributed by atoms with Gasteiger partial charge < -0.3 is 16.0 Å². The largest absolute Gasteiger partial charge is 0.356 e. The van der Waals surface area contributed by atoms with Gasteiger partial charge in [0.2, 0.25) is 5.91 Å². The molecule has 0 spiro atoms. The molecule has 7 heteroatoms. The highest BCUT2D eigenvalue weighted by Gasteiger charge is 2.22. The second-order valence-electron chi connectivity index (χ2n) is 5.75. The average molecular weight is 448 g/mol. The standard InChI is InChI=1S/C17H25FN4O.HI/c1-19-17(20-10-3-6-16(23)22-15-7-8-15)21-11-9-13-4-2-5-14(18)12-13;/h2,4-5,12,15H,3,6-11H2,1H3,(H,22,23)(H2,19,20,21);1H. The van der Waals surface area contributed by atoms with Gasteiger partial charge in [0.25, 0.3) is 0 Å². The van der Waals surface area contributed by atoms with Crippen LogP contribution >= 0.6 is 24.0 Å². The van der Waals surface area contributed by atoms with Crippen LogP contribution in [0.3, 0.4) is 0 Å². The van der Waals surface area contributed by atoms with Gasteiger partial charge in [0, 0.05) is 32.6 Å². The zero-order valence-electron chi connectivity index (χ0n) is 14.0. The lowest BCUT2D eigenvalue weighted by Crippen LogP contribution is -2.39. The lowest BCUT2D eigenvalue weighted by molar-refractivity contribution is -0.121. The fourth-order valence-corrected chi connectivity index (χ4v) is 2.22. The second kappa shape index (κ2) is 11.2. The minimum Gasteiger partial charge on any atom is -0.356 e. The van der Waals surface area contributed by atoms with E-state index in [1.165, 1.54) is 12.1 Å². The first-order valence-corrected chi connectivity index (χ1v) is 8.15. The van der Waals surface area contributed by atoms with Crippen LogP contribution in [-0.4, -0.2) is 38.0 Å². The molecule has 0 radical (unpaired) electrons. The number of nitrogens with zero attached hydrogens (tertiary/aromatic N) is 1. The first kappa shape index (κ1) is 20.7. The molecule has 1 amide bonds. The van der Waals surface area contributed by atoms with Crippen LogP contribution in [0.1, 0.15) is 31.2 Å². The molecule has 0 unspecified atom stereocenters. The number of hydrogen-bond donors (Lipinski definition) is 3. The van der Waals surface area contributed by atoms with E-state index in [1.54, 1.807) is 13.1 Å². The van der Waals surface area contributed by atoms with Gasteiger partial charge in [-0.15, -0.1) is 24.0 Å². The molecule has 0 atom stereocenters. The SMILES string of the molecule is CN=C(NCCCC(=O)NC1CC1)NCCc1cccc(F)c1.I. The Hall–Kier alpha value is -1.38. The van der Waals surface area contributed by atoms with Crippen molar-refractivity contribution in [1.29, 1.82) is 0 Å². The zero-order valence-corrected chi connectivity index (χ0v) is 16.3. The minimum atomic E-state index is -0.213. The summed E-state index contributed by atoms with van der Waals surface area (Å²) in [6, 6.07) is 7.02. The van der Waals surface area contributed by atoms with Crippen LogP contribution in [0.15, 0.2) is 29.3 Å². The monoisotopic (exact) mass is 448 g/mol. The predicted molar refractivity (Wildman–Crippen MR) is 105 cm³/mol. The predicted octanol–water partition coefficient (Wildman–Crippen LogP) is 2.21. The Morgan fingerprint density at radius 2 is 2.04 bits per heavy atom. The van der Waals surface area contributed by atoms with Crippen LogP contribution in [0, 0.1) is 5.82 Å². The highest BCUT2D eigenvalue weighted by atomic mass is 127. The van der Waals surface area contributed by atoms with Crippen LogP contribution in [0.5, 0.6) is 0 Å². The molecule has 2 rings (SSSR count). The molecule has 0 heterocycles. The zero-order chi connectivity index (χ0) is 16.5. The fraction of sp³-hybridized carbons (Fsp3) is 0.529. The lowest BCUT2D eigenvalue weighted by atomic mass is 10.1. The number of aliphatic imine (C=N–C) groups is 1. The van der Waals surface area contributed by atoms with Gasteiger partial charge in [-0.05, 0) is 43.4 Å². The van der Waals surface area contributed by atoms with Crippen molar-refractivity contribution in [2.24, 2.45) is 4.99 Å². The van der Waals surface area contributed by atoms with Gasteiger partial charge in [0.05, 0.1) is 0 Å². The smallest absolute Gasteiger partial charge is 0.220 e. The van der Waals surface area contributed by atoms with Gasteiger partial charge in [0.1, 0.15) is 5.82 Å². The Labute approximate surface area is 159 Å². The van der Waals surface area contributed by atoms with Crippen molar-refractivity contribution in [2.45, 2.75) is 38.1 Å². The summed E-state index contributed by atoms with van der Waals surface area (Å²) >= 11 is 0. The van der Waals surface area contributed by atoms with Crippen LogP contribution in [0.4, 0.5) is 4.39 Å². The summed E-state index contributed by atoms with van der Waals surface area (Å²) in [6.07, 6.45) is 4.26. The van der Waals surface area contributed by atoms with Gasteiger partial charge >= 0.3 is 0 Å². The Bertz CT molecular complexity index is 549. The summed E-state index contributed by atoms with van der Waals surface area (Å²) < 4.78 is 13.1. The molecule has 5 nitrogen and oxygen atoms in total. The van der Waals surface area contributed by atoms with E-state index in [0.717, 1.165) is 31.2 Å². The molecule has 0 bridgehead atoms. The molecule has 0 aromatic heterocycles. The number of guanidine groups is 1. The van der Waals surface area contributed by atoms with Crippen molar-refractivity contribution in [1.82, 2.24) is 16.0 Å². The van der Waals surface area contributed by atoms with E-state index < -0.39 is 0 Å². The molecule has 1 aromatic rings. The molecule has 1 aliphatic rings. The molecule has 1 saturated carbocycles. The number of benzene rings is 1. The molecule has 0 aliphatic heterocycles. The number of halogens is 2. The summed E-state index contributed by atoms with van der Waals surface area (Å²) in [4.78, 5) is 15.7. The fourth-order valence-electron chi connectivity index (χ4n) is 2.22. The Kier molecular flexibility index (Phi) is 9.66. The van der Waals surface area contributed by atoms with E-state index in [0.29, 0.717) is 31.5 Å². The number of amides is 1. The summed E-state index contributed by atoms with van der Waals surface area (Å²) in [6.45, 7) is 1.36. The Balaban J connectivity index is 0.00000288. The third kappa shape index (κ3) is 8.47. The highest BCUT2D eigenvalue weighted by Crippen LogP contribution is 2.18. The normalized spacial score (nSPS) is 13.8. The first-order chi connectivity index (χ1) is 11.2. The highest BCUT2D eigenvalue weighted by molar-refractivity contribution is 14.0. The van der Waals surface area contributed by atoms with Crippen molar-refractivity contribution in [3.05, 3.63) is 35.6 Å². The average Bonchev–Trinajstić information content (AvgIpc) is 3.33. The number of hydrogen-bond acceptors (Lipinski definition) is 2. The summed E-state index contributed by atoms with van der Waals surface area (Å²) in [7, 11) is 1.71. The van der Waals surface area contributed by atoms with E-state index in [1.807, 2.05) is 6.07 Å². The van der Waals surface area contributed by atoms with Crippen molar-refractivity contribution >= 4 is 35.8 Å². The van der Waals surface area contributed by atoms with Gasteiger partial charge in [-0.1, -0.05) is 12.1 Å². The summed E-state index contributed by atoms with van der Waals surface area (Å²) in [5.74, 6) is 0.613. The molecule has 24 heavy (non-hydrogen) atoms. The topological polar surface area (TPSA) is 65.5 Å². The Morgan fingerprint density at radius 3 is 2.71 bits per heavy atom. The van der Waals surface area contributed by atoms with Gasteiger partial charge in [-0.25, -0.2) is 4.39 Å². The van der Waals surface area contributed by atoms with Crippen LogP contribution in [0.2, 0.25) is 0 Å². The molecular weight excluding hydrogens is 422 g/mol. The third-order valence-electron chi connectivity index (χ3n) is 3.63. The molecule has 134 valence electrons. The summed E-state index contributed by atoms with van der Waals surface area (Å²) in [5, 5.41) is 9.33. The molecule has 3 N–H and O–H groups in total. The van der Waals surface area contributed by atoms with Crippen molar-refractivity contribution in [3.63, 3.8) is 0 Å². The maximum atomic E-state index is 13.1. The first-order valence-electron chi connectivity index (χ1n) is 8.15. The van der Waals surface area contributed by atoms with Crippen molar-refractivity contribution in [2.75, 3.05) is 20.1 Å². The second-order valence-corrected chi connectivity index (χ2v) is 5.75. The molecule has 1 aromatic carbocycles. The van der Waals surface area contributed by atoms with E-state index in [2.05, 4.69) is 20.9 Å². The van der Waals surface area contributed by atoms with Gasteiger partial charge in [-0.2, -0.15) is 0 Å². The van der Waals surface area contributed by atoms with E-state index >= 15 is 0 Å². The lowest BCUT2D eigenvalue weighted by Gasteiger charge is -2.12. The van der Waals surface area contributed by atoms with Crippen molar-refractivity contribution in [3.8, 4) is 0 Å². The van der Waals surface area contributed by atoms with E-state index in [9.17, 15) is 9.18 Å². The number of rotatable bonds is 8. The summed E-state index contributed by atoms with van der Waals surface area (Å²) in [5.41, 5.74) is 0.949. The quantitative estimate of drug-likeness (QED) is 0.247. The molecule has 1 aliphatic carbocycles. The minimum absolute atomic E-state index is 0. The molecule has 0 saturated heterocycles. The molecule has 1 fully saturated rings. The number of carbonyl (C=O) groups is 1. The van der Waals surface area contributed by atoms with Crippen LogP contribution in [0.25, 0.3) is 0 Å². The van der Waals surface area contributed by atoms with Crippen LogP contribution < -0.4 is 16.0 Å². The Morgan fingerprint density at radius 1 is 1.29 bits per heavy atom. The van der Waals surface area contributed by atoms with Crippen LogP contribution in [-0.2, 0) is 11.2 Å². The van der Waals surface area contributed by atoms with Gasteiger partial charge in [0.15, 0.2) is 5.96 Å². The van der Waals surface area contributed by atoms with Gasteiger partial charge in [-0.3, -0.25) is 9.79 Å². The van der Waals surface area contributed by atoms with E-state index in [4.69, 9.17) is 0 Å². The maximum absolute atomic E-state index is 13.1. The van der Waals surface area contributed by atoms with Crippen molar-refractivity contribution < 1.29 is 9.18 Å². The number of carbonyl (C=O) groups excluding carboxylic acids is 1. The van der Waals surface area contributed by atoms with E-state index in [-0.39, 0.29) is 35.7 Å².